The van der Waals surface area contributed by atoms with Crippen LogP contribution in [0.25, 0.3) is 0 Å². The summed E-state index contributed by atoms with van der Waals surface area (Å²) in [5.74, 6) is 0. The molecule has 19 heavy (non-hydrogen) atoms. The van der Waals surface area contributed by atoms with Gasteiger partial charge in [-0.3, -0.25) is 4.68 Å². The van der Waals surface area contributed by atoms with Crippen LogP contribution in [0.2, 0.25) is 5.02 Å². The minimum Gasteiger partial charge on any atom is -0.388 e. The molecule has 0 saturated carbocycles. The summed E-state index contributed by atoms with van der Waals surface area (Å²) in [7, 11) is 0. The molecule has 5 heteroatoms. The Morgan fingerprint density at radius 3 is 2.68 bits per heavy atom. The van der Waals surface area contributed by atoms with E-state index in [2.05, 4.69) is 34.9 Å². The third-order valence-electron chi connectivity index (χ3n) is 2.92. The second-order valence-electron chi connectivity index (χ2n) is 4.77. The second-order valence-corrected chi connectivity index (χ2v) is 6.06. The largest absolute Gasteiger partial charge is 0.388 e. The van der Waals surface area contributed by atoms with Gasteiger partial charge in [0.2, 0.25) is 0 Å². The van der Waals surface area contributed by atoms with Crippen molar-refractivity contribution >= 4 is 27.5 Å². The van der Waals surface area contributed by atoms with E-state index in [1.807, 2.05) is 23.0 Å². The number of aliphatic hydroxyl groups excluding tert-OH is 1. The maximum Gasteiger partial charge on any atom is 0.0857 e. The summed E-state index contributed by atoms with van der Waals surface area (Å²) < 4.78 is 2.70. The lowest BCUT2D eigenvalue weighted by Crippen LogP contribution is -2.06. The highest BCUT2D eigenvalue weighted by Crippen LogP contribution is 2.28. The monoisotopic (exact) mass is 342 g/mol. The molecule has 1 aromatic carbocycles. The fraction of sp³-hybridized carbons (Fsp3) is 0.357. The van der Waals surface area contributed by atoms with Gasteiger partial charge in [-0.2, -0.15) is 5.10 Å². The van der Waals surface area contributed by atoms with Crippen LogP contribution in [0.1, 0.15) is 37.3 Å². The van der Waals surface area contributed by atoms with Crippen LogP contribution in [-0.2, 0) is 6.42 Å². The van der Waals surface area contributed by atoms with Crippen LogP contribution in [0.5, 0.6) is 0 Å². The minimum atomic E-state index is -0.595. The Kier molecular flexibility index (Phi) is 4.66. The molecule has 0 amide bonds. The summed E-state index contributed by atoms with van der Waals surface area (Å²) in [6.07, 6.45) is 1.82. The zero-order valence-corrected chi connectivity index (χ0v) is 13.2. The summed E-state index contributed by atoms with van der Waals surface area (Å²) in [6.45, 7) is 4.14. The molecule has 0 fully saturated rings. The smallest absolute Gasteiger partial charge is 0.0857 e. The number of hydrogen-bond acceptors (Lipinski definition) is 2. The maximum absolute atomic E-state index is 10.3. The van der Waals surface area contributed by atoms with Gasteiger partial charge in [0.1, 0.15) is 0 Å². The molecule has 1 heterocycles. The molecule has 3 nitrogen and oxygen atoms in total. The van der Waals surface area contributed by atoms with Crippen molar-refractivity contribution in [2.75, 3.05) is 0 Å². The zero-order chi connectivity index (χ0) is 14.0. The Morgan fingerprint density at radius 1 is 1.37 bits per heavy atom. The molecule has 2 aromatic rings. The Labute approximate surface area is 126 Å². The second kappa shape index (κ2) is 6.07. The van der Waals surface area contributed by atoms with Gasteiger partial charge in [-0.05, 0) is 37.6 Å². The first-order valence-corrected chi connectivity index (χ1v) is 7.31. The van der Waals surface area contributed by atoms with Crippen LogP contribution >= 0.6 is 27.5 Å². The first-order chi connectivity index (χ1) is 8.97. The molecular weight excluding hydrogens is 328 g/mol. The SMILES string of the molecule is CC(C)n1ccc(CC(O)c2ccc(Cl)cc2Br)n1. The Balaban J connectivity index is 2.13. The molecule has 0 aliphatic heterocycles. The highest BCUT2D eigenvalue weighted by atomic mass is 79.9. The van der Waals surface area contributed by atoms with Crippen LogP contribution in [-0.4, -0.2) is 14.9 Å². The minimum absolute atomic E-state index is 0.327. The van der Waals surface area contributed by atoms with Crippen molar-refractivity contribution in [3.05, 3.63) is 51.2 Å². The lowest BCUT2D eigenvalue weighted by Gasteiger charge is -2.12. The van der Waals surface area contributed by atoms with Gasteiger partial charge in [-0.15, -0.1) is 0 Å². The van der Waals surface area contributed by atoms with Crippen LogP contribution in [0.15, 0.2) is 34.9 Å². The van der Waals surface area contributed by atoms with Gasteiger partial charge in [-0.1, -0.05) is 33.6 Å². The van der Waals surface area contributed by atoms with E-state index in [1.54, 1.807) is 12.1 Å². The molecule has 1 N–H and O–H groups in total. The third-order valence-corrected chi connectivity index (χ3v) is 3.84. The van der Waals surface area contributed by atoms with E-state index >= 15 is 0 Å². The van der Waals surface area contributed by atoms with E-state index in [0.29, 0.717) is 17.5 Å². The summed E-state index contributed by atoms with van der Waals surface area (Å²) in [5, 5.41) is 15.4. The molecule has 2 rings (SSSR count). The topological polar surface area (TPSA) is 38.0 Å². The number of halogens is 2. The van der Waals surface area contributed by atoms with Gasteiger partial charge in [-0.25, -0.2) is 0 Å². The Morgan fingerprint density at radius 2 is 2.11 bits per heavy atom. The number of nitrogens with zero attached hydrogens (tertiary/aromatic N) is 2. The molecule has 0 aliphatic carbocycles. The lowest BCUT2D eigenvalue weighted by molar-refractivity contribution is 0.176. The number of hydrogen-bond donors (Lipinski definition) is 1. The van der Waals surface area contributed by atoms with Crippen molar-refractivity contribution in [3.63, 3.8) is 0 Å². The van der Waals surface area contributed by atoms with Crippen molar-refractivity contribution in [1.29, 1.82) is 0 Å². The molecule has 1 aromatic heterocycles. The van der Waals surface area contributed by atoms with E-state index < -0.39 is 6.10 Å². The average molecular weight is 344 g/mol. The van der Waals surface area contributed by atoms with Crippen LogP contribution in [0.4, 0.5) is 0 Å². The normalized spacial score (nSPS) is 12.9. The van der Waals surface area contributed by atoms with Gasteiger partial charge in [0.15, 0.2) is 0 Å². The van der Waals surface area contributed by atoms with E-state index in [4.69, 9.17) is 11.6 Å². The molecule has 102 valence electrons. The zero-order valence-electron chi connectivity index (χ0n) is 10.8. The van der Waals surface area contributed by atoms with E-state index in [9.17, 15) is 5.11 Å². The Bertz CT molecular complexity index is 568. The maximum atomic E-state index is 10.3. The third kappa shape index (κ3) is 3.59. The molecule has 0 spiro atoms. The summed E-state index contributed by atoms with van der Waals surface area (Å²) in [5.41, 5.74) is 1.70. The molecule has 1 atom stereocenters. The average Bonchev–Trinajstić information content (AvgIpc) is 2.77. The summed E-state index contributed by atoms with van der Waals surface area (Å²) in [6, 6.07) is 7.65. The molecule has 0 aliphatic rings. The first-order valence-electron chi connectivity index (χ1n) is 6.14. The predicted octanol–water partition coefficient (Wildman–Crippen LogP) is 4.16. The van der Waals surface area contributed by atoms with Gasteiger partial charge in [0.05, 0.1) is 11.8 Å². The van der Waals surface area contributed by atoms with Crippen LogP contribution < -0.4 is 0 Å². The quantitative estimate of drug-likeness (QED) is 0.905. The van der Waals surface area contributed by atoms with Crippen molar-refractivity contribution in [3.8, 4) is 0 Å². The fourth-order valence-electron chi connectivity index (χ4n) is 1.85. The molecule has 0 saturated heterocycles. The van der Waals surface area contributed by atoms with Gasteiger partial charge < -0.3 is 5.11 Å². The van der Waals surface area contributed by atoms with E-state index in [-0.39, 0.29) is 0 Å². The fourth-order valence-corrected chi connectivity index (χ4v) is 2.80. The van der Waals surface area contributed by atoms with E-state index in [1.165, 1.54) is 0 Å². The van der Waals surface area contributed by atoms with Gasteiger partial charge >= 0.3 is 0 Å². The molecule has 1 unspecified atom stereocenters. The van der Waals surface area contributed by atoms with E-state index in [0.717, 1.165) is 15.7 Å². The van der Waals surface area contributed by atoms with Crippen LogP contribution in [0, 0.1) is 0 Å². The standard InChI is InChI=1S/C14H16BrClN2O/c1-9(2)18-6-5-11(17-18)8-14(19)12-4-3-10(16)7-13(12)15/h3-7,9,14,19H,8H2,1-2H3. The van der Waals surface area contributed by atoms with Gasteiger partial charge in [0.25, 0.3) is 0 Å². The summed E-state index contributed by atoms with van der Waals surface area (Å²) >= 11 is 9.31. The molecular formula is C14H16BrClN2O. The number of aliphatic hydroxyl groups is 1. The Hall–Kier alpha value is -0.840. The summed E-state index contributed by atoms with van der Waals surface area (Å²) in [4.78, 5) is 0. The van der Waals surface area contributed by atoms with Crippen molar-refractivity contribution in [2.24, 2.45) is 0 Å². The highest BCUT2D eigenvalue weighted by Gasteiger charge is 2.14. The highest BCUT2D eigenvalue weighted by molar-refractivity contribution is 9.10. The van der Waals surface area contributed by atoms with Gasteiger partial charge in [0, 0.05) is 28.2 Å². The van der Waals surface area contributed by atoms with Crippen molar-refractivity contribution in [2.45, 2.75) is 32.4 Å². The number of rotatable bonds is 4. The molecule has 0 radical (unpaired) electrons. The lowest BCUT2D eigenvalue weighted by atomic mass is 10.1. The van der Waals surface area contributed by atoms with Crippen LogP contribution in [0.3, 0.4) is 0 Å². The number of aromatic nitrogens is 2. The van der Waals surface area contributed by atoms with Crippen molar-refractivity contribution < 1.29 is 5.11 Å². The number of benzene rings is 1. The predicted molar refractivity (Wildman–Crippen MR) is 80.4 cm³/mol. The first kappa shape index (κ1) is 14.6. The van der Waals surface area contributed by atoms with Crippen molar-refractivity contribution in [1.82, 2.24) is 9.78 Å². The molecule has 0 bridgehead atoms.